The van der Waals surface area contributed by atoms with Crippen LogP contribution >= 0.6 is 15.9 Å². The first-order valence-corrected chi connectivity index (χ1v) is 8.84. The molecule has 2 aromatic carbocycles. The van der Waals surface area contributed by atoms with Crippen molar-refractivity contribution in [2.45, 2.75) is 25.3 Å². The van der Waals surface area contributed by atoms with Crippen molar-refractivity contribution in [1.82, 2.24) is 5.32 Å². The molecule has 23 heavy (non-hydrogen) atoms. The smallest absolute Gasteiger partial charge is 0.224 e. The van der Waals surface area contributed by atoms with Crippen LogP contribution < -0.4 is 10.2 Å². The van der Waals surface area contributed by atoms with E-state index < -0.39 is 0 Å². The van der Waals surface area contributed by atoms with E-state index in [1.807, 2.05) is 30.3 Å². The van der Waals surface area contributed by atoms with Crippen LogP contribution in [0.5, 0.6) is 0 Å². The Morgan fingerprint density at radius 2 is 1.87 bits per heavy atom. The summed E-state index contributed by atoms with van der Waals surface area (Å²) in [6.07, 6.45) is 2.75. The summed E-state index contributed by atoms with van der Waals surface area (Å²) in [4.78, 5) is 14.6. The molecule has 1 aliphatic rings. The van der Waals surface area contributed by atoms with Crippen molar-refractivity contribution in [3.05, 3.63) is 64.6 Å². The molecular formula is C19H21BrN2O. The monoisotopic (exact) mass is 372 g/mol. The fourth-order valence-corrected chi connectivity index (χ4v) is 3.35. The minimum absolute atomic E-state index is 0.0900. The minimum Gasteiger partial charge on any atom is -0.367 e. The van der Waals surface area contributed by atoms with E-state index in [0.717, 1.165) is 23.0 Å². The molecule has 1 heterocycles. The predicted molar refractivity (Wildman–Crippen MR) is 97.7 cm³/mol. The average molecular weight is 373 g/mol. The molecule has 120 valence electrons. The van der Waals surface area contributed by atoms with Crippen LogP contribution in [0.1, 0.15) is 18.4 Å². The van der Waals surface area contributed by atoms with Crippen LogP contribution in [-0.2, 0) is 11.2 Å². The largest absolute Gasteiger partial charge is 0.367 e. The van der Waals surface area contributed by atoms with Gasteiger partial charge in [0, 0.05) is 29.3 Å². The second-order valence-corrected chi connectivity index (χ2v) is 6.85. The van der Waals surface area contributed by atoms with E-state index in [4.69, 9.17) is 0 Å². The fraction of sp³-hybridized carbons (Fsp3) is 0.316. The number of carbonyl (C=O) groups is 1. The van der Waals surface area contributed by atoms with Crippen LogP contribution in [0.4, 0.5) is 5.69 Å². The molecule has 0 radical (unpaired) electrons. The molecule has 1 fully saturated rings. The first-order valence-electron chi connectivity index (χ1n) is 8.05. The van der Waals surface area contributed by atoms with Crippen LogP contribution in [0, 0.1) is 0 Å². The zero-order chi connectivity index (χ0) is 16.1. The van der Waals surface area contributed by atoms with Gasteiger partial charge >= 0.3 is 0 Å². The zero-order valence-electron chi connectivity index (χ0n) is 13.0. The van der Waals surface area contributed by atoms with E-state index in [0.29, 0.717) is 19.0 Å². The molecule has 1 aliphatic heterocycles. The van der Waals surface area contributed by atoms with Gasteiger partial charge in [-0.25, -0.2) is 0 Å². The summed E-state index contributed by atoms with van der Waals surface area (Å²) in [5.41, 5.74) is 2.29. The van der Waals surface area contributed by atoms with Gasteiger partial charge in [0.15, 0.2) is 0 Å². The molecule has 1 atom stereocenters. The first kappa shape index (κ1) is 16.1. The maximum Gasteiger partial charge on any atom is 0.224 e. The van der Waals surface area contributed by atoms with E-state index in [1.165, 1.54) is 12.1 Å². The quantitative estimate of drug-likeness (QED) is 0.865. The maximum atomic E-state index is 12.2. The van der Waals surface area contributed by atoms with Gasteiger partial charge in [-0.15, -0.1) is 0 Å². The molecular weight excluding hydrogens is 352 g/mol. The number of hydrogen-bond donors (Lipinski definition) is 1. The predicted octanol–water partition coefficient (Wildman–Crippen LogP) is 3.78. The maximum absolute atomic E-state index is 12.2. The first-order chi connectivity index (χ1) is 11.2. The van der Waals surface area contributed by atoms with Gasteiger partial charge in [-0.2, -0.15) is 0 Å². The van der Waals surface area contributed by atoms with Gasteiger partial charge in [0.2, 0.25) is 5.91 Å². The summed E-state index contributed by atoms with van der Waals surface area (Å²) >= 11 is 3.41. The molecule has 0 unspecified atom stereocenters. The summed E-state index contributed by atoms with van der Waals surface area (Å²) in [5.74, 6) is 0.0900. The van der Waals surface area contributed by atoms with Crippen molar-refractivity contribution < 1.29 is 4.79 Å². The third-order valence-electron chi connectivity index (χ3n) is 4.28. The lowest BCUT2D eigenvalue weighted by Crippen LogP contribution is -2.40. The number of para-hydroxylation sites is 1. The number of amides is 1. The highest BCUT2D eigenvalue weighted by atomic mass is 79.9. The van der Waals surface area contributed by atoms with Gasteiger partial charge in [0.05, 0.1) is 6.42 Å². The molecule has 0 bridgehead atoms. The van der Waals surface area contributed by atoms with E-state index in [-0.39, 0.29) is 5.91 Å². The normalized spacial score (nSPS) is 17.3. The van der Waals surface area contributed by atoms with Crippen molar-refractivity contribution in [3.63, 3.8) is 0 Å². The van der Waals surface area contributed by atoms with Gasteiger partial charge in [-0.3, -0.25) is 4.79 Å². The second kappa shape index (κ2) is 7.64. The summed E-state index contributed by atoms with van der Waals surface area (Å²) in [7, 11) is 0. The Balaban J connectivity index is 1.53. The Labute approximate surface area is 145 Å². The van der Waals surface area contributed by atoms with Crippen LogP contribution in [0.3, 0.4) is 0 Å². The van der Waals surface area contributed by atoms with E-state index in [1.54, 1.807) is 0 Å². The molecule has 0 aromatic heterocycles. The number of nitrogens with zero attached hydrogens (tertiary/aromatic N) is 1. The van der Waals surface area contributed by atoms with Crippen molar-refractivity contribution in [2.75, 3.05) is 18.0 Å². The van der Waals surface area contributed by atoms with Crippen LogP contribution in [0.2, 0.25) is 0 Å². The van der Waals surface area contributed by atoms with Gasteiger partial charge in [0.25, 0.3) is 0 Å². The third-order valence-corrected chi connectivity index (χ3v) is 4.81. The highest BCUT2D eigenvalue weighted by Crippen LogP contribution is 2.24. The highest BCUT2D eigenvalue weighted by molar-refractivity contribution is 9.10. The zero-order valence-corrected chi connectivity index (χ0v) is 14.6. The van der Waals surface area contributed by atoms with Crippen LogP contribution in [0.25, 0.3) is 0 Å². The number of carbonyl (C=O) groups excluding carboxylic acids is 1. The topological polar surface area (TPSA) is 32.3 Å². The number of rotatable bonds is 5. The Bertz CT molecular complexity index is 642. The molecule has 3 nitrogen and oxygen atoms in total. The molecule has 3 rings (SSSR count). The highest BCUT2D eigenvalue weighted by Gasteiger charge is 2.24. The summed E-state index contributed by atoms with van der Waals surface area (Å²) < 4.78 is 1.03. The summed E-state index contributed by atoms with van der Waals surface area (Å²) in [6, 6.07) is 18.7. The lowest BCUT2D eigenvalue weighted by molar-refractivity contribution is -0.120. The Kier molecular flexibility index (Phi) is 5.34. The number of benzene rings is 2. The van der Waals surface area contributed by atoms with Crippen molar-refractivity contribution in [3.8, 4) is 0 Å². The lowest BCUT2D eigenvalue weighted by atomic mass is 10.1. The van der Waals surface area contributed by atoms with E-state index in [9.17, 15) is 4.79 Å². The number of hydrogen-bond acceptors (Lipinski definition) is 2. The van der Waals surface area contributed by atoms with Gasteiger partial charge in [0.1, 0.15) is 0 Å². The Hall–Kier alpha value is -1.81. The van der Waals surface area contributed by atoms with Gasteiger partial charge in [-0.05, 0) is 42.7 Å². The lowest BCUT2D eigenvalue weighted by Gasteiger charge is -2.27. The van der Waals surface area contributed by atoms with Gasteiger partial charge < -0.3 is 10.2 Å². The number of anilines is 1. The van der Waals surface area contributed by atoms with Crippen molar-refractivity contribution in [2.24, 2.45) is 0 Å². The number of halogens is 1. The molecule has 1 N–H and O–H groups in total. The average Bonchev–Trinajstić information content (AvgIpc) is 3.04. The molecule has 0 aliphatic carbocycles. The fourth-order valence-electron chi connectivity index (χ4n) is 3.09. The molecule has 4 heteroatoms. The second-order valence-electron chi connectivity index (χ2n) is 5.93. The Morgan fingerprint density at radius 3 is 2.61 bits per heavy atom. The van der Waals surface area contributed by atoms with Gasteiger partial charge in [-0.1, -0.05) is 46.3 Å². The number of nitrogens with one attached hydrogen (secondary N) is 1. The van der Waals surface area contributed by atoms with Crippen LogP contribution in [-0.4, -0.2) is 25.0 Å². The third kappa shape index (κ3) is 4.35. The standard InChI is InChI=1S/C19H21BrN2O/c20-16-10-8-15(9-11-16)13-19(23)21-14-18-7-4-12-22(18)17-5-2-1-3-6-17/h1-3,5-6,8-11,18H,4,7,12-14H2,(H,21,23)/t18-/m0/s1. The minimum atomic E-state index is 0.0900. The molecule has 0 spiro atoms. The van der Waals surface area contributed by atoms with Crippen molar-refractivity contribution >= 4 is 27.5 Å². The molecule has 1 amide bonds. The molecule has 2 aromatic rings. The Morgan fingerprint density at radius 1 is 1.13 bits per heavy atom. The summed E-state index contributed by atoms with van der Waals surface area (Å²) in [6.45, 7) is 1.78. The molecule has 1 saturated heterocycles. The van der Waals surface area contributed by atoms with Crippen LogP contribution in [0.15, 0.2) is 59.1 Å². The van der Waals surface area contributed by atoms with Crippen molar-refractivity contribution in [1.29, 1.82) is 0 Å². The van der Waals surface area contributed by atoms with E-state index >= 15 is 0 Å². The summed E-state index contributed by atoms with van der Waals surface area (Å²) in [5, 5.41) is 3.10. The van der Waals surface area contributed by atoms with E-state index in [2.05, 4.69) is 50.4 Å². The molecule has 0 saturated carbocycles. The SMILES string of the molecule is O=C(Cc1ccc(Br)cc1)NC[C@@H]1CCCN1c1ccccc1.